The maximum Gasteiger partial charge on any atom is 0.268 e. The monoisotopic (exact) mass is 246 g/mol. The van der Waals surface area contributed by atoms with Gasteiger partial charge in [0, 0.05) is 12.1 Å². The number of phenols is 1. The van der Waals surface area contributed by atoms with E-state index in [1.165, 1.54) is 6.26 Å². The number of para-hydroxylation sites is 1. The van der Waals surface area contributed by atoms with E-state index in [0.29, 0.717) is 23.4 Å². The molecule has 0 aliphatic rings. The van der Waals surface area contributed by atoms with Crippen molar-refractivity contribution in [2.24, 2.45) is 0 Å². The summed E-state index contributed by atoms with van der Waals surface area (Å²) >= 11 is 0. The van der Waals surface area contributed by atoms with Crippen molar-refractivity contribution >= 4 is 5.91 Å². The van der Waals surface area contributed by atoms with E-state index < -0.39 is 0 Å². The second-order valence-corrected chi connectivity index (χ2v) is 3.83. The Bertz CT molecular complexity index is 549. The topological polar surface area (TPSA) is 74.5 Å². The Morgan fingerprint density at radius 2 is 2.11 bits per heavy atom. The van der Waals surface area contributed by atoms with Crippen LogP contribution in [0.15, 0.2) is 41.0 Å². The van der Waals surface area contributed by atoms with Gasteiger partial charge in [-0.1, -0.05) is 18.2 Å². The lowest BCUT2D eigenvalue weighted by atomic mass is 10.2. The first-order valence-electron chi connectivity index (χ1n) is 5.52. The maximum absolute atomic E-state index is 11.7. The number of nitrogens with one attached hydrogen (secondary N) is 2. The normalized spacial score (nSPS) is 10.3. The SMILES string of the molecule is Cc1occc1C(=O)NNCc1ccccc1O. The van der Waals surface area contributed by atoms with E-state index in [0.717, 1.165) is 0 Å². The Hall–Kier alpha value is -2.27. The number of aromatic hydroxyl groups is 1. The van der Waals surface area contributed by atoms with Gasteiger partial charge in [0.2, 0.25) is 0 Å². The van der Waals surface area contributed by atoms with Crippen molar-refractivity contribution in [3.63, 3.8) is 0 Å². The van der Waals surface area contributed by atoms with Gasteiger partial charge in [0.15, 0.2) is 0 Å². The van der Waals surface area contributed by atoms with E-state index in [-0.39, 0.29) is 11.7 Å². The third kappa shape index (κ3) is 2.70. The fraction of sp³-hybridized carbons (Fsp3) is 0.154. The Balaban J connectivity index is 1.88. The second-order valence-electron chi connectivity index (χ2n) is 3.83. The fourth-order valence-electron chi connectivity index (χ4n) is 1.57. The number of amides is 1. The summed E-state index contributed by atoms with van der Waals surface area (Å²) in [5.41, 5.74) is 6.49. The van der Waals surface area contributed by atoms with Crippen molar-refractivity contribution in [2.45, 2.75) is 13.5 Å². The molecule has 0 atom stereocenters. The number of hydrazine groups is 1. The average molecular weight is 246 g/mol. The van der Waals surface area contributed by atoms with Gasteiger partial charge in [-0.2, -0.15) is 0 Å². The molecule has 1 amide bonds. The number of phenolic OH excluding ortho intramolecular Hbond substituents is 1. The molecule has 5 heteroatoms. The van der Waals surface area contributed by atoms with Crippen LogP contribution < -0.4 is 10.9 Å². The number of aryl methyl sites for hydroxylation is 1. The summed E-state index contributed by atoms with van der Waals surface area (Å²) in [6, 6.07) is 8.54. The molecule has 94 valence electrons. The van der Waals surface area contributed by atoms with Crippen molar-refractivity contribution in [1.82, 2.24) is 10.9 Å². The van der Waals surface area contributed by atoms with Gasteiger partial charge < -0.3 is 9.52 Å². The minimum absolute atomic E-state index is 0.193. The van der Waals surface area contributed by atoms with Crippen molar-refractivity contribution in [3.05, 3.63) is 53.5 Å². The summed E-state index contributed by atoms with van der Waals surface area (Å²) in [4.78, 5) is 11.7. The molecule has 3 N–H and O–H groups in total. The third-order valence-corrected chi connectivity index (χ3v) is 2.58. The molecule has 1 aromatic heterocycles. The Labute approximate surface area is 104 Å². The van der Waals surface area contributed by atoms with Gasteiger partial charge in [0.1, 0.15) is 11.5 Å². The molecule has 0 spiro atoms. The van der Waals surface area contributed by atoms with Gasteiger partial charge in [-0.15, -0.1) is 0 Å². The molecule has 0 aliphatic heterocycles. The van der Waals surface area contributed by atoms with E-state index in [9.17, 15) is 9.90 Å². The molecule has 0 saturated heterocycles. The summed E-state index contributed by atoms with van der Waals surface area (Å²) in [5.74, 6) is 0.493. The summed E-state index contributed by atoms with van der Waals surface area (Å²) in [6.07, 6.45) is 1.47. The zero-order chi connectivity index (χ0) is 13.0. The summed E-state index contributed by atoms with van der Waals surface area (Å²) < 4.78 is 5.04. The molecule has 1 aromatic carbocycles. The number of furan rings is 1. The lowest BCUT2D eigenvalue weighted by molar-refractivity contribution is 0.0930. The molecule has 0 fully saturated rings. The minimum Gasteiger partial charge on any atom is -0.508 e. The molecule has 2 aromatic rings. The standard InChI is InChI=1S/C13H14N2O3/c1-9-11(6-7-18-9)13(17)15-14-8-10-4-2-3-5-12(10)16/h2-7,14,16H,8H2,1H3,(H,15,17). The number of rotatable bonds is 4. The summed E-state index contributed by atoms with van der Waals surface area (Å²) in [5, 5.41) is 9.54. The number of hydrogen-bond donors (Lipinski definition) is 3. The Morgan fingerprint density at radius 1 is 1.33 bits per heavy atom. The molecule has 1 heterocycles. The van der Waals surface area contributed by atoms with Crippen molar-refractivity contribution in [1.29, 1.82) is 0 Å². The van der Waals surface area contributed by atoms with Crippen LogP contribution in [-0.2, 0) is 6.54 Å². The number of hydrogen-bond acceptors (Lipinski definition) is 4. The highest BCUT2D eigenvalue weighted by Gasteiger charge is 2.10. The van der Waals surface area contributed by atoms with Crippen molar-refractivity contribution in [3.8, 4) is 5.75 Å². The van der Waals surface area contributed by atoms with Gasteiger partial charge in [0.05, 0.1) is 11.8 Å². The number of carbonyl (C=O) groups is 1. The lowest BCUT2D eigenvalue weighted by Crippen LogP contribution is -2.36. The van der Waals surface area contributed by atoms with E-state index in [1.54, 1.807) is 31.2 Å². The third-order valence-electron chi connectivity index (χ3n) is 2.58. The van der Waals surface area contributed by atoms with Crippen LogP contribution in [0.4, 0.5) is 0 Å². The molecular weight excluding hydrogens is 232 g/mol. The molecule has 0 radical (unpaired) electrons. The van der Waals surface area contributed by atoms with Crippen LogP contribution >= 0.6 is 0 Å². The molecular formula is C13H14N2O3. The van der Waals surface area contributed by atoms with Crippen LogP contribution in [-0.4, -0.2) is 11.0 Å². The highest BCUT2D eigenvalue weighted by molar-refractivity contribution is 5.94. The van der Waals surface area contributed by atoms with Gasteiger partial charge in [-0.25, -0.2) is 5.43 Å². The van der Waals surface area contributed by atoms with Crippen molar-refractivity contribution in [2.75, 3.05) is 0 Å². The van der Waals surface area contributed by atoms with Crippen LogP contribution in [0.25, 0.3) is 0 Å². The first-order valence-corrected chi connectivity index (χ1v) is 5.52. The smallest absolute Gasteiger partial charge is 0.268 e. The summed E-state index contributed by atoms with van der Waals surface area (Å²) in [6.45, 7) is 2.06. The molecule has 0 aliphatic carbocycles. The van der Waals surface area contributed by atoms with Gasteiger partial charge in [-0.3, -0.25) is 10.2 Å². The van der Waals surface area contributed by atoms with Gasteiger partial charge in [0.25, 0.3) is 5.91 Å². The highest BCUT2D eigenvalue weighted by atomic mass is 16.3. The maximum atomic E-state index is 11.7. The fourth-order valence-corrected chi connectivity index (χ4v) is 1.57. The molecule has 18 heavy (non-hydrogen) atoms. The predicted octanol–water partition coefficient (Wildman–Crippen LogP) is 1.73. The zero-order valence-electron chi connectivity index (χ0n) is 9.93. The molecule has 2 rings (SSSR count). The van der Waals surface area contributed by atoms with Crippen LogP contribution in [0, 0.1) is 6.92 Å². The first-order chi connectivity index (χ1) is 8.68. The molecule has 5 nitrogen and oxygen atoms in total. The number of carbonyl (C=O) groups excluding carboxylic acids is 1. The van der Waals surface area contributed by atoms with E-state index in [1.807, 2.05) is 6.07 Å². The highest BCUT2D eigenvalue weighted by Crippen LogP contribution is 2.14. The van der Waals surface area contributed by atoms with E-state index in [4.69, 9.17) is 4.42 Å². The summed E-state index contributed by atoms with van der Waals surface area (Å²) in [7, 11) is 0. The molecule has 0 unspecified atom stereocenters. The van der Waals surface area contributed by atoms with Crippen molar-refractivity contribution < 1.29 is 14.3 Å². The largest absolute Gasteiger partial charge is 0.508 e. The van der Waals surface area contributed by atoms with Crippen LogP contribution in [0.5, 0.6) is 5.75 Å². The van der Waals surface area contributed by atoms with Crippen LogP contribution in [0.1, 0.15) is 21.7 Å². The first kappa shape index (κ1) is 12.2. The van der Waals surface area contributed by atoms with Crippen LogP contribution in [0.2, 0.25) is 0 Å². The predicted molar refractivity (Wildman–Crippen MR) is 65.9 cm³/mol. The van der Waals surface area contributed by atoms with E-state index in [2.05, 4.69) is 10.9 Å². The van der Waals surface area contributed by atoms with E-state index >= 15 is 0 Å². The molecule has 0 bridgehead atoms. The Morgan fingerprint density at radius 3 is 2.78 bits per heavy atom. The van der Waals surface area contributed by atoms with Gasteiger partial charge >= 0.3 is 0 Å². The minimum atomic E-state index is -0.267. The van der Waals surface area contributed by atoms with Gasteiger partial charge in [-0.05, 0) is 19.1 Å². The zero-order valence-corrected chi connectivity index (χ0v) is 9.93. The second kappa shape index (κ2) is 5.37. The molecule has 0 saturated carbocycles. The quantitative estimate of drug-likeness (QED) is 0.718. The average Bonchev–Trinajstić information content (AvgIpc) is 2.78. The number of benzene rings is 1. The lowest BCUT2D eigenvalue weighted by Gasteiger charge is -2.07. The Kier molecular flexibility index (Phi) is 3.64. The van der Waals surface area contributed by atoms with Crippen LogP contribution in [0.3, 0.4) is 0 Å².